The van der Waals surface area contributed by atoms with Crippen molar-refractivity contribution < 1.29 is 19.2 Å². The normalized spacial score (nSPS) is 14.9. The fourth-order valence-electron chi connectivity index (χ4n) is 3.40. The number of benzene rings is 2. The molecule has 1 aliphatic heterocycles. The van der Waals surface area contributed by atoms with Crippen LogP contribution in [-0.2, 0) is 0 Å². The Labute approximate surface area is 172 Å². The van der Waals surface area contributed by atoms with E-state index < -0.39 is 11.1 Å². The van der Waals surface area contributed by atoms with Crippen molar-refractivity contribution in [3.8, 4) is 11.5 Å². The molecule has 30 heavy (non-hydrogen) atoms. The van der Waals surface area contributed by atoms with Crippen molar-refractivity contribution >= 4 is 23.0 Å². The Morgan fingerprint density at radius 1 is 1.07 bits per heavy atom. The standard InChI is InChI=1S/C21H18N4O5/c1-29-14-6-3-5-13(11-14)24-20(19-16(21(24)26)7-4-10-22-19)23-17-9-8-15(30-2)12-18(17)25(27)28/h3-12,20,23H,1-2H3. The lowest BCUT2D eigenvalue weighted by molar-refractivity contribution is -0.384. The number of nitrogens with one attached hydrogen (secondary N) is 1. The highest BCUT2D eigenvalue weighted by Crippen LogP contribution is 2.40. The number of carbonyl (C=O) groups is 1. The minimum Gasteiger partial charge on any atom is -0.497 e. The number of methoxy groups -OCH3 is 2. The third-order valence-electron chi connectivity index (χ3n) is 4.83. The predicted octanol–water partition coefficient (Wildman–Crippen LogP) is 3.78. The number of ether oxygens (including phenoxy) is 2. The topological polar surface area (TPSA) is 107 Å². The number of aromatic nitrogens is 1. The highest BCUT2D eigenvalue weighted by molar-refractivity contribution is 6.11. The first kappa shape index (κ1) is 19.2. The average molecular weight is 406 g/mol. The number of anilines is 2. The van der Waals surface area contributed by atoms with E-state index in [0.717, 1.165) is 0 Å². The molecule has 0 saturated carbocycles. The van der Waals surface area contributed by atoms with E-state index in [9.17, 15) is 14.9 Å². The summed E-state index contributed by atoms with van der Waals surface area (Å²) < 4.78 is 10.4. The van der Waals surface area contributed by atoms with E-state index in [1.165, 1.54) is 25.2 Å². The van der Waals surface area contributed by atoms with Gasteiger partial charge in [0.1, 0.15) is 17.2 Å². The molecule has 9 nitrogen and oxygen atoms in total. The van der Waals surface area contributed by atoms with Gasteiger partial charge in [-0.2, -0.15) is 0 Å². The molecule has 0 aliphatic carbocycles. The van der Waals surface area contributed by atoms with Crippen LogP contribution in [0.2, 0.25) is 0 Å². The minimum absolute atomic E-state index is 0.170. The Hall–Kier alpha value is -4.14. The van der Waals surface area contributed by atoms with Gasteiger partial charge in [0.2, 0.25) is 0 Å². The molecule has 1 amide bonds. The molecule has 1 aromatic heterocycles. The highest BCUT2D eigenvalue weighted by atomic mass is 16.6. The fourth-order valence-corrected chi connectivity index (χ4v) is 3.40. The van der Waals surface area contributed by atoms with Crippen LogP contribution in [0, 0.1) is 10.1 Å². The summed E-state index contributed by atoms with van der Waals surface area (Å²) >= 11 is 0. The predicted molar refractivity (Wildman–Crippen MR) is 110 cm³/mol. The van der Waals surface area contributed by atoms with Crippen molar-refractivity contribution in [2.75, 3.05) is 24.4 Å². The molecule has 1 N–H and O–H groups in total. The summed E-state index contributed by atoms with van der Waals surface area (Å²) in [6.07, 6.45) is 0.839. The summed E-state index contributed by atoms with van der Waals surface area (Å²) in [6.45, 7) is 0. The van der Waals surface area contributed by atoms with Gasteiger partial charge < -0.3 is 14.8 Å². The monoisotopic (exact) mass is 406 g/mol. The molecule has 3 aromatic rings. The van der Waals surface area contributed by atoms with Crippen LogP contribution in [0.25, 0.3) is 0 Å². The van der Waals surface area contributed by atoms with E-state index in [-0.39, 0.29) is 17.3 Å². The zero-order valence-corrected chi connectivity index (χ0v) is 16.2. The molecule has 0 bridgehead atoms. The second-order valence-corrected chi connectivity index (χ2v) is 6.50. The molecule has 152 valence electrons. The Morgan fingerprint density at radius 3 is 2.57 bits per heavy atom. The molecule has 1 atom stereocenters. The van der Waals surface area contributed by atoms with Crippen LogP contribution in [0.15, 0.2) is 60.8 Å². The van der Waals surface area contributed by atoms with Crippen LogP contribution < -0.4 is 19.7 Å². The van der Waals surface area contributed by atoms with Crippen molar-refractivity contribution in [1.82, 2.24) is 4.98 Å². The molecule has 0 spiro atoms. The Bertz CT molecular complexity index is 1130. The van der Waals surface area contributed by atoms with E-state index in [4.69, 9.17) is 9.47 Å². The number of hydrogen-bond donors (Lipinski definition) is 1. The first-order valence-corrected chi connectivity index (χ1v) is 9.05. The van der Waals surface area contributed by atoms with Crippen molar-refractivity contribution in [3.63, 3.8) is 0 Å². The molecular formula is C21H18N4O5. The number of carbonyl (C=O) groups excluding carboxylic acids is 1. The summed E-state index contributed by atoms with van der Waals surface area (Å²) in [7, 11) is 2.98. The molecule has 0 saturated heterocycles. The maximum atomic E-state index is 13.2. The Morgan fingerprint density at radius 2 is 1.83 bits per heavy atom. The maximum Gasteiger partial charge on any atom is 0.296 e. The summed E-state index contributed by atoms with van der Waals surface area (Å²) in [4.78, 5) is 30.1. The van der Waals surface area contributed by atoms with E-state index >= 15 is 0 Å². The van der Waals surface area contributed by atoms with Crippen LogP contribution in [0.4, 0.5) is 17.1 Å². The van der Waals surface area contributed by atoms with Gasteiger partial charge >= 0.3 is 0 Å². The second-order valence-electron chi connectivity index (χ2n) is 6.50. The molecule has 0 radical (unpaired) electrons. The second kappa shape index (κ2) is 7.70. The van der Waals surface area contributed by atoms with E-state index in [0.29, 0.717) is 28.4 Å². The fraction of sp³-hybridized carbons (Fsp3) is 0.143. The first-order valence-electron chi connectivity index (χ1n) is 9.05. The Balaban J connectivity index is 1.81. The van der Waals surface area contributed by atoms with Gasteiger partial charge in [0.25, 0.3) is 11.6 Å². The van der Waals surface area contributed by atoms with Gasteiger partial charge in [-0.25, -0.2) is 0 Å². The smallest absolute Gasteiger partial charge is 0.296 e. The Kier molecular flexibility index (Phi) is 4.93. The molecule has 2 heterocycles. The number of fused-ring (bicyclic) bond motifs is 1. The number of pyridine rings is 1. The van der Waals surface area contributed by atoms with Gasteiger partial charge in [-0.15, -0.1) is 0 Å². The minimum atomic E-state index is -0.743. The molecule has 1 aliphatic rings. The molecule has 0 fully saturated rings. The van der Waals surface area contributed by atoms with Crippen molar-refractivity contribution in [1.29, 1.82) is 0 Å². The molecular weight excluding hydrogens is 388 g/mol. The lowest BCUT2D eigenvalue weighted by atomic mass is 10.2. The average Bonchev–Trinajstić information content (AvgIpc) is 3.05. The van der Waals surface area contributed by atoms with Gasteiger partial charge in [-0.1, -0.05) is 6.07 Å². The van der Waals surface area contributed by atoms with E-state index in [2.05, 4.69) is 10.3 Å². The van der Waals surface area contributed by atoms with Crippen molar-refractivity contribution in [3.05, 3.63) is 82.2 Å². The van der Waals surface area contributed by atoms with Gasteiger partial charge in [0, 0.05) is 12.3 Å². The quantitative estimate of drug-likeness (QED) is 0.490. The number of nitro benzene ring substituents is 1. The van der Waals surface area contributed by atoms with Gasteiger partial charge in [0.05, 0.1) is 42.2 Å². The third-order valence-corrected chi connectivity index (χ3v) is 4.83. The van der Waals surface area contributed by atoms with E-state index in [1.54, 1.807) is 54.7 Å². The SMILES string of the molecule is COc1cccc(N2C(=O)c3cccnc3C2Nc2ccc(OC)cc2[N+](=O)[O-])c1. The lowest BCUT2D eigenvalue weighted by Gasteiger charge is -2.26. The number of rotatable bonds is 6. The highest BCUT2D eigenvalue weighted by Gasteiger charge is 2.40. The summed E-state index contributed by atoms with van der Waals surface area (Å²) in [5.74, 6) is 0.677. The van der Waals surface area contributed by atoms with Crippen LogP contribution in [-0.4, -0.2) is 30.0 Å². The van der Waals surface area contributed by atoms with Crippen LogP contribution in [0.1, 0.15) is 22.2 Å². The zero-order valence-electron chi connectivity index (χ0n) is 16.2. The summed E-state index contributed by atoms with van der Waals surface area (Å²) in [5, 5.41) is 14.7. The molecule has 4 rings (SSSR count). The lowest BCUT2D eigenvalue weighted by Crippen LogP contribution is -2.32. The van der Waals surface area contributed by atoms with Crippen LogP contribution in [0.3, 0.4) is 0 Å². The van der Waals surface area contributed by atoms with Gasteiger partial charge in [-0.05, 0) is 36.4 Å². The molecule has 2 aromatic carbocycles. The van der Waals surface area contributed by atoms with Crippen molar-refractivity contribution in [2.24, 2.45) is 0 Å². The zero-order chi connectivity index (χ0) is 21.3. The number of hydrogen-bond acceptors (Lipinski definition) is 7. The summed E-state index contributed by atoms with van der Waals surface area (Å²) in [5.41, 5.74) is 1.55. The van der Waals surface area contributed by atoms with Crippen LogP contribution in [0.5, 0.6) is 11.5 Å². The van der Waals surface area contributed by atoms with Gasteiger partial charge in [-0.3, -0.25) is 24.8 Å². The van der Waals surface area contributed by atoms with Crippen molar-refractivity contribution in [2.45, 2.75) is 6.17 Å². The largest absolute Gasteiger partial charge is 0.497 e. The number of nitro groups is 1. The molecule has 9 heteroatoms. The maximum absolute atomic E-state index is 13.2. The first-order chi connectivity index (χ1) is 14.5. The summed E-state index contributed by atoms with van der Waals surface area (Å²) in [6, 6.07) is 14.9. The van der Waals surface area contributed by atoms with Crippen LogP contribution >= 0.6 is 0 Å². The van der Waals surface area contributed by atoms with E-state index in [1.807, 2.05) is 0 Å². The number of nitrogens with zero attached hydrogens (tertiary/aromatic N) is 3. The number of amides is 1. The van der Waals surface area contributed by atoms with Gasteiger partial charge in [0.15, 0.2) is 6.17 Å². The third kappa shape index (κ3) is 3.26. The molecule has 1 unspecified atom stereocenters.